The molecule has 162 valence electrons. The first-order valence-electron chi connectivity index (χ1n) is 10.0. The zero-order valence-corrected chi connectivity index (χ0v) is 16.9. The molecule has 0 radical (unpaired) electrons. The number of ether oxygens (including phenoxy) is 1. The number of carbonyl (C=O) groups excluding carboxylic acids is 3. The molecule has 2 aromatic rings. The molecule has 10 heteroatoms. The van der Waals surface area contributed by atoms with Gasteiger partial charge in [0.15, 0.2) is 0 Å². The summed E-state index contributed by atoms with van der Waals surface area (Å²) in [7, 11) is 0. The normalized spacial score (nSPS) is 17.3. The monoisotopic (exact) mass is 424 g/mol. The van der Waals surface area contributed by atoms with Gasteiger partial charge in [0, 0.05) is 55.0 Å². The van der Waals surface area contributed by atoms with Crippen LogP contribution in [0.1, 0.15) is 21.6 Å². The molecular weight excluding hydrogens is 400 g/mol. The number of carbonyl (C=O) groups is 3. The highest BCUT2D eigenvalue weighted by atomic mass is 16.5. The number of rotatable bonds is 6. The first kappa shape index (κ1) is 20.6. The van der Waals surface area contributed by atoms with E-state index in [9.17, 15) is 14.4 Å². The fraction of sp³-hybridized carbons (Fsp3) is 0.286. The quantitative estimate of drug-likeness (QED) is 0.441. The number of benzene rings is 1. The summed E-state index contributed by atoms with van der Waals surface area (Å²) in [6.07, 6.45) is 3.27. The van der Waals surface area contributed by atoms with Crippen LogP contribution in [0, 0.1) is 0 Å². The van der Waals surface area contributed by atoms with Crippen LogP contribution < -0.4 is 21.7 Å². The second-order valence-electron chi connectivity index (χ2n) is 7.32. The van der Waals surface area contributed by atoms with Crippen molar-refractivity contribution in [3.8, 4) is 0 Å². The van der Waals surface area contributed by atoms with Gasteiger partial charge in [0.1, 0.15) is 0 Å². The van der Waals surface area contributed by atoms with E-state index in [0.29, 0.717) is 40.3 Å². The van der Waals surface area contributed by atoms with Crippen molar-refractivity contribution in [2.45, 2.75) is 0 Å². The number of amides is 4. The van der Waals surface area contributed by atoms with Crippen LogP contribution in [0.4, 0.5) is 16.2 Å². The number of aromatic nitrogens is 1. The van der Waals surface area contributed by atoms with Gasteiger partial charge in [-0.25, -0.2) is 4.79 Å². The lowest BCUT2D eigenvalue weighted by Crippen LogP contribution is -2.41. The summed E-state index contributed by atoms with van der Waals surface area (Å²) in [5.74, 6) is -0.448. The summed E-state index contributed by atoms with van der Waals surface area (Å²) in [6.45, 7) is 4.51. The lowest BCUT2D eigenvalue weighted by Gasteiger charge is -2.26. The van der Waals surface area contributed by atoms with Gasteiger partial charge in [0.05, 0.1) is 24.4 Å². The molecule has 1 fully saturated rings. The van der Waals surface area contributed by atoms with Crippen LogP contribution in [0.25, 0.3) is 11.6 Å². The van der Waals surface area contributed by atoms with Crippen molar-refractivity contribution >= 4 is 40.9 Å². The van der Waals surface area contributed by atoms with Gasteiger partial charge in [-0.2, -0.15) is 0 Å². The van der Waals surface area contributed by atoms with E-state index >= 15 is 0 Å². The van der Waals surface area contributed by atoms with Crippen LogP contribution >= 0.6 is 0 Å². The Bertz CT molecular complexity index is 1040. The van der Waals surface area contributed by atoms with E-state index in [0.717, 1.165) is 32.8 Å². The van der Waals surface area contributed by atoms with Crippen molar-refractivity contribution in [2.75, 3.05) is 50.0 Å². The van der Waals surface area contributed by atoms with Gasteiger partial charge in [-0.3, -0.25) is 14.5 Å². The minimum Gasteiger partial charge on any atom is -0.379 e. The fourth-order valence-electron chi connectivity index (χ4n) is 3.59. The molecule has 0 bridgehead atoms. The Labute approximate surface area is 178 Å². The predicted molar refractivity (Wildman–Crippen MR) is 117 cm³/mol. The Morgan fingerprint density at radius 3 is 2.81 bits per heavy atom. The molecule has 1 saturated heterocycles. The van der Waals surface area contributed by atoms with Crippen LogP contribution in [0.5, 0.6) is 0 Å². The van der Waals surface area contributed by atoms with Crippen molar-refractivity contribution in [3.63, 3.8) is 0 Å². The van der Waals surface area contributed by atoms with Gasteiger partial charge in [-0.05, 0) is 30.3 Å². The smallest absolute Gasteiger partial charge is 0.316 e. The maximum absolute atomic E-state index is 12.4. The Kier molecular flexibility index (Phi) is 6.01. The zero-order chi connectivity index (χ0) is 21.8. The summed E-state index contributed by atoms with van der Waals surface area (Å²) >= 11 is 0. The predicted octanol–water partition coefficient (Wildman–Crippen LogP) is 1.06. The number of nitrogens with one attached hydrogen (secondary N) is 4. The molecule has 10 nitrogen and oxygen atoms in total. The molecule has 1 aromatic carbocycles. The third-order valence-electron chi connectivity index (χ3n) is 5.15. The van der Waals surface area contributed by atoms with Crippen LogP contribution in [-0.4, -0.2) is 67.1 Å². The number of urea groups is 1. The van der Waals surface area contributed by atoms with Gasteiger partial charge < -0.3 is 31.4 Å². The number of nitrogens with two attached hydrogens (primary N) is 1. The van der Waals surface area contributed by atoms with E-state index < -0.39 is 6.03 Å². The van der Waals surface area contributed by atoms with Gasteiger partial charge >= 0.3 is 6.03 Å². The van der Waals surface area contributed by atoms with Gasteiger partial charge in [-0.15, -0.1) is 0 Å². The highest BCUT2D eigenvalue weighted by molar-refractivity contribution is 6.35. The first-order valence-corrected chi connectivity index (χ1v) is 10.0. The standard InChI is InChI=1S/C21H24N6O4/c22-21(30)25-14-1-2-18-16(10-14)17(20(29)26-18)11-15-9-13(12-24-15)19(28)23-3-4-27-5-7-31-8-6-27/h1-2,9-12,24H,3-8H2,(H,23,28)(H,26,29)(H3,22,25,30)/b17-11-. The second-order valence-corrected chi connectivity index (χ2v) is 7.32. The van der Waals surface area contributed by atoms with E-state index in [2.05, 4.69) is 25.8 Å². The van der Waals surface area contributed by atoms with E-state index in [1.54, 1.807) is 36.5 Å². The Morgan fingerprint density at radius 2 is 2.03 bits per heavy atom. The zero-order valence-electron chi connectivity index (χ0n) is 16.9. The average molecular weight is 424 g/mol. The molecule has 0 atom stereocenters. The van der Waals surface area contributed by atoms with Crippen molar-refractivity contribution in [2.24, 2.45) is 5.73 Å². The Morgan fingerprint density at radius 1 is 1.23 bits per heavy atom. The molecule has 0 unspecified atom stereocenters. The van der Waals surface area contributed by atoms with E-state index in [-0.39, 0.29) is 11.8 Å². The number of hydrogen-bond acceptors (Lipinski definition) is 5. The number of anilines is 2. The van der Waals surface area contributed by atoms with E-state index in [1.165, 1.54) is 0 Å². The van der Waals surface area contributed by atoms with Crippen molar-refractivity contribution < 1.29 is 19.1 Å². The van der Waals surface area contributed by atoms with Crippen LogP contribution in [0.3, 0.4) is 0 Å². The molecule has 0 aliphatic carbocycles. The number of nitrogens with zero attached hydrogens (tertiary/aromatic N) is 1. The summed E-state index contributed by atoms with van der Waals surface area (Å²) in [5, 5.41) is 8.19. The van der Waals surface area contributed by atoms with Gasteiger partial charge in [-0.1, -0.05) is 0 Å². The lowest BCUT2D eigenvalue weighted by atomic mass is 10.1. The highest BCUT2D eigenvalue weighted by Crippen LogP contribution is 2.35. The lowest BCUT2D eigenvalue weighted by molar-refractivity contribution is -0.110. The fourth-order valence-corrected chi connectivity index (χ4v) is 3.59. The number of aromatic amines is 1. The molecule has 4 amide bonds. The van der Waals surface area contributed by atoms with E-state index in [4.69, 9.17) is 10.5 Å². The average Bonchev–Trinajstić information content (AvgIpc) is 3.33. The third-order valence-corrected chi connectivity index (χ3v) is 5.15. The Balaban J connectivity index is 1.42. The topological polar surface area (TPSA) is 142 Å². The Hall–Kier alpha value is -3.63. The molecule has 2 aliphatic rings. The minimum absolute atomic E-state index is 0.182. The van der Waals surface area contributed by atoms with Crippen molar-refractivity contribution in [3.05, 3.63) is 47.3 Å². The van der Waals surface area contributed by atoms with E-state index in [1.807, 2.05) is 0 Å². The maximum Gasteiger partial charge on any atom is 0.316 e. The number of fused-ring (bicyclic) bond motifs is 1. The summed E-state index contributed by atoms with van der Waals surface area (Å²) < 4.78 is 5.32. The van der Waals surface area contributed by atoms with Gasteiger partial charge in [0.25, 0.3) is 11.8 Å². The molecule has 0 saturated carbocycles. The first-order chi connectivity index (χ1) is 15.0. The summed E-state index contributed by atoms with van der Waals surface area (Å²) in [6, 6.07) is 6.03. The van der Waals surface area contributed by atoms with Gasteiger partial charge in [0.2, 0.25) is 0 Å². The largest absolute Gasteiger partial charge is 0.379 e. The van der Waals surface area contributed by atoms with Crippen molar-refractivity contribution in [1.82, 2.24) is 15.2 Å². The molecule has 4 rings (SSSR count). The molecule has 2 aliphatic heterocycles. The molecule has 1 aromatic heterocycles. The number of morpholine rings is 1. The molecule has 6 N–H and O–H groups in total. The van der Waals surface area contributed by atoms with Crippen LogP contribution in [-0.2, 0) is 9.53 Å². The molecular formula is C21H24N6O4. The summed E-state index contributed by atoms with van der Waals surface area (Å²) in [4.78, 5) is 41.2. The molecule has 0 spiro atoms. The third kappa shape index (κ3) is 4.93. The van der Waals surface area contributed by atoms with Crippen LogP contribution in [0.15, 0.2) is 30.5 Å². The molecule has 3 heterocycles. The minimum atomic E-state index is -0.684. The number of hydrogen-bond donors (Lipinski definition) is 5. The number of primary amides is 1. The SMILES string of the molecule is NC(=O)Nc1ccc2c(c1)/C(=C/c1cc(C(=O)NCCN3CCOCC3)c[nH]1)C(=O)N2. The highest BCUT2D eigenvalue weighted by Gasteiger charge is 2.25. The van der Waals surface area contributed by atoms with Crippen LogP contribution in [0.2, 0.25) is 0 Å². The maximum atomic E-state index is 12.4. The second kappa shape index (κ2) is 9.02. The number of H-pyrrole nitrogens is 1. The molecule has 31 heavy (non-hydrogen) atoms. The summed E-state index contributed by atoms with van der Waals surface area (Å²) in [5.41, 5.74) is 8.45. The van der Waals surface area contributed by atoms with Crippen molar-refractivity contribution in [1.29, 1.82) is 0 Å².